The number of hydrogen-bond donors (Lipinski definition) is 1. The molecule has 4 rings (SSSR count). The summed E-state index contributed by atoms with van der Waals surface area (Å²) in [6.45, 7) is 6.50. The van der Waals surface area contributed by atoms with Crippen molar-refractivity contribution >= 4 is 34.5 Å². The third-order valence-corrected chi connectivity index (χ3v) is 5.83. The quantitative estimate of drug-likeness (QED) is 0.349. The summed E-state index contributed by atoms with van der Waals surface area (Å²) < 4.78 is 3.12. The molecule has 0 aliphatic rings. The van der Waals surface area contributed by atoms with Crippen LogP contribution in [0.4, 0.5) is 0 Å². The van der Waals surface area contributed by atoms with E-state index in [1.165, 1.54) is 4.68 Å². The lowest BCUT2D eigenvalue weighted by Crippen LogP contribution is -2.28. The smallest absolute Gasteiger partial charge is 0.267 e. The Balaban J connectivity index is 1.58. The summed E-state index contributed by atoms with van der Waals surface area (Å²) in [5, 5.41) is 14.5. The zero-order valence-corrected chi connectivity index (χ0v) is 19.3. The summed E-state index contributed by atoms with van der Waals surface area (Å²) in [6, 6.07) is 14.5. The fourth-order valence-corrected chi connectivity index (χ4v) is 3.86. The first-order valence-corrected chi connectivity index (χ1v) is 10.9. The third-order valence-electron chi connectivity index (χ3n) is 5.46. The number of carbonyl (C=O) groups excluding carboxylic acids is 1. The van der Waals surface area contributed by atoms with Gasteiger partial charge in [-0.2, -0.15) is 15.3 Å². The maximum Gasteiger partial charge on any atom is 0.292 e. The Morgan fingerprint density at radius 1 is 1.06 bits per heavy atom. The standard InChI is InChI=1S/C24H23ClN6O2/c1-4-30-24(33)19-11-7-6-10-18(19)22(29-30)23(32)27-26-13-20-15(2)28-31(16(20)3)14-17-9-5-8-12-21(17)25/h5-13H,4,14H2,1-3H3,(H,27,32)/b26-13+. The number of fused-ring (bicyclic) bond motifs is 1. The highest BCUT2D eigenvalue weighted by molar-refractivity contribution is 6.31. The molecule has 0 bridgehead atoms. The lowest BCUT2D eigenvalue weighted by atomic mass is 10.1. The van der Waals surface area contributed by atoms with Gasteiger partial charge in [-0.25, -0.2) is 10.1 Å². The second-order valence-corrected chi connectivity index (χ2v) is 7.95. The molecular formula is C24H23ClN6O2. The van der Waals surface area contributed by atoms with E-state index in [0.29, 0.717) is 28.9 Å². The molecule has 0 aliphatic carbocycles. The molecule has 0 aliphatic heterocycles. The summed E-state index contributed by atoms with van der Waals surface area (Å²) in [4.78, 5) is 25.3. The Hall–Kier alpha value is -3.78. The summed E-state index contributed by atoms with van der Waals surface area (Å²) in [5.74, 6) is -0.497. The van der Waals surface area contributed by atoms with Crippen LogP contribution >= 0.6 is 11.6 Å². The molecule has 1 amide bonds. The monoisotopic (exact) mass is 462 g/mol. The van der Waals surface area contributed by atoms with Crippen molar-refractivity contribution < 1.29 is 4.79 Å². The van der Waals surface area contributed by atoms with E-state index in [-0.39, 0.29) is 11.3 Å². The fourth-order valence-electron chi connectivity index (χ4n) is 3.67. The largest absolute Gasteiger partial charge is 0.292 e. The Morgan fingerprint density at radius 2 is 1.76 bits per heavy atom. The second kappa shape index (κ2) is 9.38. The first kappa shape index (κ1) is 22.4. The molecule has 0 spiro atoms. The van der Waals surface area contributed by atoms with Crippen LogP contribution in [0.15, 0.2) is 58.4 Å². The number of aromatic nitrogens is 4. The van der Waals surface area contributed by atoms with Gasteiger partial charge in [-0.05, 0) is 38.5 Å². The van der Waals surface area contributed by atoms with Gasteiger partial charge in [0.2, 0.25) is 0 Å². The molecule has 0 saturated carbocycles. The average molecular weight is 463 g/mol. The molecule has 0 fully saturated rings. The van der Waals surface area contributed by atoms with Crippen molar-refractivity contribution in [2.75, 3.05) is 0 Å². The molecule has 0 saturated heterocycles. The van der Waals surface area contributed by atoms with E-state index >= 15 is 0 Å². The van der Waals surface area contributed by atoms with Gasteiger partial charge >= 0.3 is 0 Å². The molecule has 168 valence electrons. The average Bonchev–Trinajstić information content (AvgIpc) is 3.08. The van der Waals surface area contributed by atoms with Crippen molar-refractivity contribution in [1.29, 1.82) is 0 Å². The summed E-state index contributed by atoms with van der Waals surface area (Å²) in [7, 11) is 0. The van der Waals surface area contributed by atoms with Crippen LogP contribution in [0.5, 0.6) is 0 Å². The van der Waals surface area contributed by atoms with Crippen LogP contribution < -0.4 is 11.0 Å². The van der Waals surface area contributed by atoms with Crippen molar-refractivity contribution in [2.24, 2.45) is 5.10 Å². The minimum absolute atomic E-state index is 0.145. The van der Waals surface area contributed by atoms with Gasteiger partial charge in [0.05, 0.1) is 23.8 Å². The van der Waals surface area contributed by atoms with Crippen LogP contribution in [0.3, 0.4) is 0 Å². The number of aryl methyl sites for hydroxylation is 2. The van der Waals surface area contributed by atoms with Gasteiger partial charge in [-0.3, -0.25) is 14.3 Å². The molecular weight excluding hydrogens is 440 g/mol. The van der Waals surface area contributed by atoms with E-state index in [0.717, 1.165) is 22.5 Å². The number of nitrogens with zero attached hydrogens (tertiary/aromatic N) is 5. The van der Waals surface area contributed by atoms with E-state index < -0.39 is 5.91 Å². The zero-order valence-electron chi connectivity index (χ0n) is 18.5. The van der Waals surface area contributed by atoms with Gasteiger partial charge < -0.3 is 0 Å². The number of hydrogen-bond acceptors (Lipinski definition) is 5. The van der Waals surface area contributed by atoms with Crippen LogP contribution in [0.2, 0.25) is 5.02 Å². The summed E-state index contributed by atoms with van der Waals surface area (Å²) >= 11 is 6.28. The highest BCUT2D eigenvalue weighted by atomic mass is 35.5. The number of halogens is 1. The van der Waals surface area contributed by atoms with E-state index in [1.807, 2.05) is 42.8 Å². The van der Waals surface area contributed by atoms with Gasteiger partial charge in [-0.1, -0.05) is 48.0 Å². The highest BCUT2D eigenvalue weighted by Gasteiger charge is 2.16. The van der Waals surface area contributed by atoms with Crippen molar-refractivity contribution in [3.05, 3.63) is 92.1 Å². The molecule has 4 aromatic rings. The minimum Gasteiger partial charge on any atom is -0.267 e. The summed E-state index contributed by atoms with van der Waals surface area (Å²) in [5.41, 5.74) is 5.88. The number of nitrogens with one attached hydrogen (secondary N) is 1. The zero-order chi connectivity index (χ0) is 23.5. The Kier molecular flexibility index (Phi) is 6.37. The predicted molar refractivity (Wildman–Crippen MR) is 129 cm³/mol. The van der Waals surface area contributed by atoms with Crippen LogP contribution in [0.25, 0.3) is 10.8 Å². The van der Waals surface area contributed by atoms with E-state index in [1.54, 1.807) is 37.4 Å². The maximum absolute atomic E-state index is 12.8. The van der Waals surface area contributed by atoms with Crippen molar-refractivity contribution in [1.82, 2.24) is 25.0 Å². The molecule has 9 heteroatoms. The Morgan fingerprint density at radius 3 is 2.48 bits per heavy atom. The van der Waals surface area contributed by atoms with Gasteiger partial charge in [0, 0.05) is 28.2 Å². The summed E-state index contributed by atoms with van der Waals surface area (Å²) in [6.07, 6.45) is 1.57. The molecule has 2 aromatic carbocycles. The van der Waals surface area contributed by atoms with Crippen LogP contribution in [-0.2, 0) is 13.1 Å². The maximum atomic E-state index is 12.8. The third kappa shape index (κ3) is 4.42. The molecule has 1 N–H and O–H groups in total. The number of hydrazone groups is 1. The predicted octanol–water partition coefficient (Wildman–Crippen LogP) is 3.70. The first-order valence-electron chi connectivity index (χ1n) is 10.5. The van der Waals surface area contributed by atoms with E-state index in [4.69, 9.17) is 11.6 Å². The number of benzene rings is 2. The van der Waals surface area contributed by atoms with Crippen LogP contribution in [0.1, 0.15) is 39.9 Å². The molecule has 0 unspecified atom stereocenters. The topological polar surface area (TPSA) is 94.2 Å². The SMILES string of the molecule is CCn1nc(C(=O)N/N=C/c2c(C)nn(Cc3ccccc3Cl)c2C)c2ccccc2c1=O. The Bertz CT molecular complexity index is 1440. The van der Waals surface area contributed by atoms with Gasteiger partial charge in [-0.15, -0.1) is 0 Å². The molecule has 33 heavy (non-hydrogen) atoms. The van der Waals surface area contributed by atoms with E-state index in [9.17, 15) is 9.59 Å². The minimum atomic E-state index is -0.497. The first-order chi connectivity index (χ1) is 15.9. The van der Waals surface area contributed by atoms with Crippen LogP contribution in [-0.4, -0.2) is 31.7 Å². The van der Waals surface area contributed by atoms with Crippen molar-refractivity contribution in [3.8, 4) is 0 Å². The molecule has 8 nitrogen and oxygen atoms in total. The Labute approximate surface area is 195 Å². The number of carbonyl (C=O) groups is 1. The second-order valence-electron chi connectivity index (χ2n) is 7.55. The normalized spacial score (nSPS) is 11.4. The van der Waals surface area contributed by atoms with Crippen molar-refractivity contribution in [3.63, 3.8) is 0 Å². The van der Waals surface area contributed by atoms with Crippen molar-refractivity contribution in [2.45, 2.75) is 33.9 Å². The van der Waals surface area contributed by atoms with Gasteiger partial charge in [0.25, 0.3) is 11.5 Å². The van der Waals surface area contributed by atoms with Gasteiger partial charge in [0.1, 0.15) is 0 Å². The van der Waals surface area contributed by atoms with Gasteiger partial charge in [0.15, 0.2) is 5.69 Å². The fraction of sp³-hybridized carbons (Fsp3) is 0.208. The van der Waals surface area contributed by atoms with Crippen LogP contribution in [0, 0.1) is 13.8 Å². The highest BCUT2D eigenvalue weighted by Crippen LogP contribution is 2.19. The number of rotatable bonds is 6. The molecule has 0 radical (unpaired) electrons. The molecule has 0 atom stereocenters. The molecule has 2 aromatic heterocycles. The molecule has 2 heterocycles. The lowest BCUT2D eigenvalue weighted by molar-refractivity contribution is 0.0949. The van der Waals surface area contributed by atoms with E-state index in [2.05, 4.69) is 20.7 Å². The number of amides is 1. The lowest BCUT2D eigenvalue weighted by Gasteiger charge is -2.08.